The lowest BCUT2D eigenvalue weighted by Crippen LogP contribution is -2.58. The van der Waals surface area contributed by atoms with E-state index in [1.165, 1.54) is 12.5 Å². The van der Waals surface area contributed by atoms with Crippen molar-refractivity contribution in [3.05, 3.63) is 90.0 Å². The molecule has 41 heavy (non-hydrogen) atoms. The van der Waals surface area contributed by atoms with Gasteiger partial charge in [-0.3, -0.25) is 14.4 Å². The summed E-state index contributed by atoms with van der Waals surface area (Å²) in [7, 11) is 0. The van der Waals surface area contributed by atoms with Gasteiger partial charge < -0.3 is 31.8 Å². The fraction of sp³-hybridized carbons (Fsp3) is 0.345. The first-order chi connectivity index (χ1) is 19.8. The van der Waals surface area contributed by atoms with Gasteiger partial charge >= 0.3 is 5.97 Å². The van der Waals surface area contributed by atoms with Crippen LogP contribution < -0.4 is 21.7 Å². The first-order valence-electron chi connectivity index (χ1n) is 13.2. The van der Waals surface area contributed by atoms with Crippen LogP contribution in [-0.2, 0) is 38.4 Å². The monoisotopic (exact) mass is 580 g/mol. The Hall–Kier alpha value is -4.16. The highest BCUT2D eigenvalue weighted by atomic mass is 32.2. The fourth-order valence-corrected chi connectivity index (χ4v) is 4.62. The van der Waals surface area contributed by atoms with Crippen molar-refractivity contribution in [2.75, 3.05) is 12.0 Å². The largest absolute Gasteiger partial charge is 0.480 e. The second kappa shape index (κ2) is 16.2. The minimum atomic E-state index is -1.26. The number of aliphatic carboxylic acids is 1. The van der Waals surface area contributed by atoms with Gasteiger partial charge in [-0.15, -0.1) is 0 Å². The number of carbonyl (C=O) groups excluding carboxylic acids is 3. The molecule has 3 aromatic rings. The molecule has 7 N–H and O–H groups in total. The van der Waals surface area contributed by atoms with E-state index in [-0.39, 0.29) is 19.3 Å². The number of nitrogens with zero attached hydrogens (tertiary/aromatic N) is 1. The van der Waals surface area contributed by atoms with Crippen molar-refractivity contribution in [3.8, 4) is 0 Å². The molecule has 0 bridgehead atoms. The van der Waals surface area contributed by atoms with Crippen molar-refractivity contribution in [3.63, 3.8) is 0 Å². The molecule has 4 atom stereocenters. The number of rotatable bonds is 16. The average molecular weight is 581 g/mol. The normalized spacial score (nSPS) is 13.8. The number of carboxylic acid groups (broad SMARTS) is 1. The Balaban J connectivity index is 1.81. The highest BCUT2D eigenvalue weighted by Gasteiger charge is 2.31. The molecule has 1 aromatic heterocycles. The molecule has 0 saturated heterocycles. The van der Waals surface area contributed by atoms with Crippen LogP contribution in [0.2, 0.25) is 0 Å². The number of nitrogens with one attached hydrogen (secondary N) is 4. The first-order valence-corrected chi connectivity index (χ1v) is 14.6. The van der Waals surface area contributed by atoms with Gasteiger partial charge in [-0.25, -0.2) is 9.78 Å². The lowest BCUT2D eigenvalue weighted by molar-refractivity contribution is -0.142. The molecule has 0 aliphatic heterocycles. The number of aromatic nitrogens is 2. The van der Waals surface area contributed by atoms with Crippen LogP contribution in [0.4, 0.5) is 0 Å². The summed E-state index contributed by atoms with van der Waals surface area (Å²) < 4.78 is 0. The molecule has 0 radical (unpaired) electrons. The Bertz CT molecular complexity index is 1260. The second-order valence-corrected chi connectivity index (χ2v) is 10.6. The topological polar surface area (TPSA) is 179 Å². The number of carboxylic acids is 1. The summed E-state index contributed by atoms with van der Waals surface area (Å²) in [6.45, 7) is 0. The Kier molecular flexibility index (Phi) is 12.4. The number of nitrogens with two attached hydrogens (primary N) is 1. The fourth-order valence-electron chi connectivity index (χ4n) is 4.13. The third-order valence-electron chi connectivity index (χ3n) is 6.39. The van der Waals surface area contributed by atoms with Crippen LogP contribution in [0.25, 0.3) is 0 Å². The third kappa shape index (κ3) is 10.4. The third-order valence-corrected chi connectivity index (χ3v) is 7.04. The molecule has 1 heterocycles. The lowest BCUT2D eigenvalue weighted by atomic mass is 10.0. The number of benzene rings is 2. The molecule has 2 aromatic carbocycles. The van der Waals surface area contributed by atoms with Crippen LogP contribution in [0.5, 0.6) is 0 Å². The first kappa shape index (κ1) is 31.4. The molecular weight excluding hydrogens is 544 g/mol. The standard InChI is InChI=1S/C29H36N6O5S/c1-41-13-12-22(30)26(36)33-23(14-19-8-4-2-5-9-19)27(37)34-24(15-20-10-6-3-7-11-20)28(38)35-25(29(39)40)16-21-17-31-18-32-21/h2-11,17-18,22-25H,12-16,30H2,1H3,(H,31,32)(H,33,36)(H,34,37)(H,35,38)(H,39,40). The summed E-state index contributed by atoms with van der Waals surface area (Å²) in [6, 6.07) is 14.0. The average Bonchev–Trinajstić information content (AvgIpc) is 3.49. The Morgan fingerprint density at radius 2 is 1.34 bits per heavy atom. The quantitative estimate of drug-likeness (QED) is 0.146. The molecule has 4 unspecified atom stereocenters. The number of carbonyl (C=O) groups is 4. The van der Waals surface area contributed by atoms with Crippen LogP contribution in [0.15, 0.2) is 73.2 Å². The van der Waals surface area contributed by atoms with Gasteiger partial charge in [-0.2, -0.15) is 11.8 Å². The van der Waals surface area contributed by atoms with Gasteiger partial charge in [0.2, 0.25) is 17.7 Å². The number of amides is 3. The van der Waals surface area contributed by atoms with Gasteiger partial charge in [0.15, 0.2) is 0 Å². The zero-order valence-corrected chi connectivity index (χ0v) is 23.6. The molecule has 0 spiro atoms. The maximum atomic E-state index is 13.6. The van der Waals surface area contributed by atoms with Gasteiger partial charge in [0, 0.05) is 31.2 Å². The minimum Gasteiger partial charge on any atom is -0.480 e. The van der Waals surface area contributed by atoms with E-state index in [2.05, 4.69) is 25.9 Å². The Morgan fingerprint density at radius 1 is 0.829 bits per heavy atom. The van der Waals surface area contributed by atoms with E-state index in [0.717, 1.165) is 11.1 Å². The molecule has 11 nitrogen and oxygen atoms in total. The molecule has 0 fully saturated rings. The summed E-state index contributed by atoms with van der Waals surface area (Å²) in [4.78, 5) is 58.6. The maximum Gasteiger partial charge on any atom is 0.326 e. The molecule has 0 aliphatic rings. The van der Waals surface area contributed by atoms with Crippen molar-refractivity contribution in [1.82, 2.24) is 25.9 Å². The van der Waals surface area contributed by atoms with Crippen LogP contribution in [0.1, 0.15) is 23.2 Å². The van der Waals surface area contributed by atoms with Gasteiger partial charge in [0.1, 0.15) is 18.1 Å². The SMILES string of the molecule is CSCCC(N)C(=O)NC(Cc1ccccc1)C(=O)NC(Cc1ccccc1)C(=O)NC(Cc1cnc[nH]1)C(=O)O. The van der Waals surface area contributed by atoms with E-state index in [1.807, 2.05) is 42.7 Å². The summed E-state index contributed by atoms with van der Waals surface area (Å²) in [6.07, 6.45) is 5.51. The summed E-state index contributed by atoms with van der Waals surface area (Å²) >= 11 is 1.56. The van der Waals surface area contributed by atoms with Crippen molar-refractivity contribution < 1.29 is 24.3 Å². The summed E-state index contributed by atoms with van der Waals surface area (Å²) in [5.74, 6) is -2.27. The molecule has 3 amide bonds. The minimum absolute atomic E-state index is 0.0201. The van der Waals surface area contributed by atoms with E-state index in [4.69, 9.17) is 5.73 Å². The number of hydrogen-bond acceptors (Lipinski definition) is 7. The van der Waals surface area contributed by atoms with Crippen molar-refractivity contribution in [1.29, 1.82) is 0 Å². The number of thioether (sulfide) groups is 1. The van der Waals surface area contributed by atoms with Crippen molar-refractivity contribution >= 4 is 35.5 Å². The molecule has 0 aliphatic carbocycles. The summed E-state index contributed by atoms with van der Waals surface area (Å²) in [5.41, 5.74) is 8.15. The lowest BCUT2D eigenvalue weighted by Gasteiger charge is -2.25. The summed E-state index contributed by atoms with van der Waals surface area (Å²) in [5, 5.41) is 17.8. The second-order valence-electron chi connectivity index (χ2n) is 9.57. The molecule has 3 rings (SSSR count). The van der Waals surface area contributed by atoms with Gasteiger partial charge in [0.25, 0.3) is 0 Å². The maximum absolute atomic E-state index is 13.6. The number of aromatic amines is 1. The van der Waals surface area contributed by atoms with E-state index in [1.54, 1.807) is 36.0 Å². The number of imidazole rings is 1. The van der Waals surface area contributed by atoms with E-state index >= 15 is 0 Å². The zero-order chi connectivity index (χ0) is 29.6. The van der Waals surface area contributed by atoms with Crippen LogP contribution >= 0.6 is 11.8 Å². The van der Waals surface area contributed by atoms with E-state index < -0.39 is 47.9 Å². The number of hydrogen-bond donors (Lipinski definition) is 6. The van der Waals surface area contributed by atoms with Crippen molar-refractivity contribution in [2.24, 2.45) is 5.73 Å². The molecule has 218 valence electrons. The van der Waals surface area contributed by atoms with Gasteiger partial charge in [-0.05, 0) is 29.6 Å². The van der Waals surface area contributed by atoms with Crippen molar-refractivity contribution in [2.45, 2.75) is 49.9 Å². The van der Waals surface area contributed by atoms with Gasteiger partial charge in [0.05, 0.1) is 12.4 Å². The predicted octanol–water partition coefficient (Wildman–Crippen LogP) is 1.06. The highest BCUT2D eigenvalue weighted by molar-refractivity contribution is 7.98. The molecule has 0 saturated carbocycles. The Labute approximate surface area is 243 Å². The van der Waals surface area contributed by atoms with Crippen LogP contribution in [-0.4, -0.2) is 74.9 Å². The number of H-pyrrole nitrogens is 1. The van der Waals surface area contributed by atoms with E-state index in [0.29, 0.717) is 17.9 Å². The van der Waals surface area contributed by atoms with Crippen LogP contribution in [0.3, 0.4) is 0 Å². The van der Waals surface area contributed by atoms with Gasteiger partial charge in [-0.1, -0.05) is 60.7 Å². The molecule has 12 heteroatoms. The van der Waals surface area contributed by atoms with Crippen LogP contribution in [0, 0.1) is 0 Å². The predicted molar refractivity (Wildman–Crippen MR) is 157 cm³/mol. The van der Waals surface area contributed by atoms with E-state index in [9.17, 15) is 24.3 Å². The zero-order valence-electron chi connectivity index (χ0n) is 22.8. The highest BCUT2D eigenvalue weighted by Crippen LogP contribution is 2.09. The smallest absolute Gasteiger partial charge is 0.326 e. The molecular formula is C29H36N6O5S. The Morgan fingerprint density at radius 3 is 1.80 bits per heavy atom.